The summed E-state index contributed by atoms with van der Waals surface area (Å²) >= 11 is 0. The summed E-state index contributed by atoms with van der Waals surface area (Å²) in [5.41, 5.74) is 3.00. The van der Waals surface area contributed by atoms with Gasteiger partial charge >= 0.3 is 0 Å². The Bertz CT molecular complexity index is 356. The molecule has 0 aliphatic heterocycles. The molecule has 0 amide bonds. The maximum absolute atomic E-state index is 12.2. The molecule has 3 aliphatic rings. The Balaban J connectivity index is 2.26. The van der Waals surface area contributed by atoms with Crippen molar-refractivity contribution in [1.82, 2.24) is 0 Å². The number of ketones is 1. The van der Waals surface area contributed by atoms with Crippen LogP contribution in [0.25, 0.3) is 0 Å². The molecule has 96 valence electrons. The Morgan fingerprint density at radius 2 is 2.18 bits per heavy atom. The summed E-state index contributed by atoms with van der Waals surface area (Å²) in [6, 6.07) is 0. The van der Waals surface area contributed by atoms with Crippen molar-refractivity contribution in [2.24, 2.45) is 5.92 Å². The average molecular weight is 254 g/mol. The Morgan fingerprint density at radius 1 is 1.47 bits per heavy atom. The van der Waals surface area contributed by atoms with Crippen LogP contribution in [-0.2, 0) is 14.3 Å². The minimum atomic E-state index is -1.31. The molecule has 3 rings (SSSR count). The molecule has 2 bridgehead atoms. The van der Waals surface area contributed by atoms with Gasteiger partial charge < -0.3 is 9.47 Å². The van der Waals surface area contributed by atoms with Gasteiger partial charge in [0.2, 0.25) is 0 Å². The number of hydrogen-bond donors (Lipinski definition) is 0. The van der Waals surface area contributed by atoms with Crippen LogP contribution in [0, 0.1) is 5.92 Å². The van der Waals surface area contributed by atoms with Gasteiger partial charge in [-0.05, 0) is 24.8 Å². The lowest BCUT2D eigenvalue weighted by molar-refractivity contribution is -0.181. The van der Waals surface area contributed by atoms with Crippen LogP contribution in [0.15, 0.2) is 11.3 Å². The second-order valence-corrected chi connectivity index (χ2v) is 11.2. The second-order valence-electron chi connectivity index (χ2n) is 6.15. The number of Topliss-reactive ketones (excluding diaryl/α,β-unsaturated/α-hetero) is 1. The van der Waals surface area contributed by atoms with Crippen LogP contribution in [0.1, 0.15) is 19.3 Å². The monoisotopic (exact) mass is 254 g/mol. The van der Waals surface area contributed by atoms with Gasteiger partial charge in [0.05, 0.1) is 8.07 Å². The predicted molar refractivity (Wildman–Crippen MR) is 69.5 cm³/mol. The van der Waals surface area contributed by atoms with Crippen LogP contribution in [0.5, 0.6) is 0 Å². The van der Waals surface area contributed by atoms with Crippen LogP contribution in [0.4, 0.5) is 0 Å². The van der Waals surface area contributed by atoms with E-state index in [2.05, 4.69) is 25.3 Å². The first kappa shape index (κ1) is 13.0. The smallest absolute Gasteiger partial charge is 0.176 e. The van der Waals surface area contributed by atoms with Crippen molar-refractivity contribution in [3.8, 4) is 0 Å². The number of carbonyl (C=O) groups is 1. The quantitative estimate of drug-likeness (QED) is 0.571. The van der Waals surface area contributed by atoms with Gasteiger partial charge in [0.1, 0.15) is 6.79 Å². The molecule has 0 spiro atoms. The maximum atomic E-state index is 12.2. The van der Waals surface area contributed by atoms with E-state index in [1.165, 1.54) is 5.57 Å². The fourth-order valence-electron chi connectivity index (χ4n) is 2.95. The van der Waals surface area contributed by atoms with E-state index in [-0.39, 0.29) is 18.5 Å². The molecule has 0 radical (unpaired) electrons. The van der Waals surface area contributed by atoms with E-state index in [0.29, 0.717) is 0 Å². The molecule has 0 aromatic heterocycles. The molecule has 17 heavy (non-hydrogen) atoms. The Morgan fingerprint density at radius 3 is 2.71 bits per heavy atom. The highest BCUT2D eigenvalue weighted by molar-refractivity contribution is 6.81. The Kier molecular flexibility index (Phi) is 3.31. The van der Waals surface area contributed by atoms with E-state index in [1.54, 1.807) is 7.11 Å². The number of hydrogen-bond acceptors (Lipinski definition) is 3. The molecule has 0 saturated heterocycles. The minimum absolute atomic E-state index is 0.146. The molecule has 2 atom stereocenters. The fraction of sp³-hybridized carbons (Fsp3) is 0.769. The lowest BCUT2D eigenvalue weighted by Gasteiger charge is -2.52. The van der Waals surface area contributed by atoms with Gasteiger partial charge in [-0.15, -0.1) is 0 Å². The van der Waals surface area contributed by atoms with Crippen molar-refractivity contribution in [3.63, 3.8) is 0 Å². The standard InChI is InChI=1S/C13H22O3Si/c1-15-9-16-13-7-5-6-10(12(13)14)11(13)8-17(2,3)4/h8,10H,5-7,9H2,1-4H3/t10-,13-/m1/s1. The van der Waals surface area contributed by atoms with E-state index >= 15 is 0 Å². The Labute approximate surface area is 104 Å². The first-order chi connectivity index (χ1) is 7.91. The third-order valence-electron chi connectivity index (χ3n) is 3.59. The predicted octanol–water partition coefficient (Wildman–Crippen LogP) is 2.53. The highest BCUT2D eigenvalue weighted by atomic mass is 28.3. The lowest BCUT2D eigenvalue weighted by atomic mass is 9.57. The topological polar surface area (TPSA) is 35.5 Å². The number of methoxy groups -OCH3 is 1. The summed E-state index contributed by atoms with van der Waals surface area (Å²) in [5, 5.41) is 0. The lowest BCUT2D eigenvalue weighted by Crippen LogP contribution is -2.62. The number of carbonyl (C=O) groups excluding carboxylic acids is 1. The fourth-order valence-corrected chi connectivity index (χ4v) is 4.32. The summed E-state index contributed by atoms with van der Waals surface area (Å²) in [7, 11) is 0.292. The molecule has 3 saturated carbocycles. The molecule has 3 fully saturated rings. The zero-order valence-corrected chi connectivity index (χ0v) is 12.2. The zero-order chi connectivity index (χ0) is 12.7. The molecular formula is C13H22O3Si. The van der Waals surface area contributed by atoms with E-state index in [9.17, 15) is 4.79 Å². The second kappa shape index (κ2) is 4.34. The van der Waals surface area contributed by atoms with Crippen molar-refractivity contribution in [2.45, 2.75) is 44.5 Å². The molecular weight excluding hydrogens is 232 g/mol. The summed E-state index contributed by atoms with van der Waals surface area (Å²) in [6.07, 6.45) is 2.93. The van der Waals surface area contributed by atoms with Gasteiger partial charge in [0.15, 0.2) is 11.4 Å². The van der Waals surface area contributed by atoms with Crippen LogP contribution >= 0.6 is 0 Å². The maximum Gasteiger partial charge on any atom is 0.176 e. The summed E-state index contributed by atoms with van der Waals surface area (Å²) in [6.45, 7) is 7.09. The van der Waals surface area contributed by atoms with Crippen molar-refractivity contribution in [1.29, 1.82) is 0 Å². The summed E-state index contributed by atoms with van der Waals surface area (Å²) in [5.74, 6) is 0.428. The number of rotatable bonds is 4. The van der Waals surface area contributed by atoms with Crippen LogP contribution in [0.3, 0.4) is 0 Å². The molecule has 0 unspecified atom stereocenters. The van der Waals surface area contributed by atoms with Crippen molar-refractivity contribution >= 4 is 13.9 Å². The summed E-state index contributed by atoms with van der Waals surface area (Å²) < 4.78 is 10.7. The van der Waals surface area contributed by atoms with Crippen molar-refractivity contribution in [3.05, 3.63) is 11.3 Å². The molecule has 4 heteroatoms. The summed E-state index contributed by atoms with van der Waals surface area (Å²) in [4.78, 5) is 12.2. The molecule has 0 aromatic carbocycles. The Hall–Kier alpha value is -0.453. The highest BCUT2D eigenvalue weighted by Gasteiger charge is 2.61. The number of fused-ring (bicyclic) bond motifs is 2. The highest BCUT2D eigenvalue weighted by Crippen LogP contribution is 2.53. The van der Waals surface area contributed by atoms with Gasteiger partial charge in [0, 0.05) is 13.0 Å². The molecule has 0 heterocycles. The van der Waals surface area contributed by atoms with Crippen LogP contribution in [-0.4, -0.2) is 33.4 Å². The van der Waals surface area contributed by atoms with Crippen molar-refractivity contribution in [2.75, 3.05) is 13.9 Å². The zero-order valence-electron chi connectivity index (χ0n) is 11.2. The minimum Gasteiger partial charge on any atom is -0.359 e. The SMILES string of the molecule is COCO[C@@]12CCC[C@@H](C1=O)C2=C[Si](C)(C)C. The van der Waals surface area contributed by atoms with Crippen LogP contribution < -0.4 is 0 Å². The largest absolute Gasteiger partial charge is 0.359 e. The van der Waals surface area contributed by atoms with Gasteiger partial charge in [-0.1, -0.05) is 25.3 Å². The third kappa shape index (κ3) is 2.14. The first-order valence-electron chi connectivity index (χ1n) is 6.31. The van der Waals surface area contributed by atoms with E-state index in [0.717, 1.165) is 19.3 Å². The third-order valence-corrected chi connectivity index (χ3v) is 4.77. The van der Waals surface area contributed by atoms with Gasteiger partial charge in [0.25, 0.3) is 0 Å². The molecule has 0 N–H and O–H groups in total. The van der Waals surface area contributed by atoms with Gasteiger partial charge in [-0.2, -0.15) is 0 Å². The molecule has 3 nitrogen and oxygen atoms in total. The molecule has 3 aliphatic carbocycles. The van der Waals surface area contributed by atoms with Gasteiger partial charge in [-0.25, -0.2) is 0 Å². The van der Waals surface area contributed by atoms with Gasteiger partial charge in [-0.3, -0.25) is 4.79 Å². The van der Waals surface area contributed by atoms with E-state index in [1.807, 2.05) is 0 Å². The first-order valence-corrected chi connectivity index (χ1v) is 9.89. The molecule has 0 aromatic rings. The number of ether oxygens (including phenoxy) is 2. The van der Waals surface area contributed by atoms with E-state index in [4.69, 9.17) is 9.47 Å². The van der Waals surface area contributed by atoms with Crippen molar-refractivity contribution < 1.29 is 14.3 Å². The normalized spacial score (nSPS) is 34.9. The van der Waals surface area contributed by atoms with Crippen LogP contribution in [0.2, 0.25) is 19.6 Å². The average Bonchev–Trinajstić information content (AvgIpc) is 2.26. The van der Waals surface area contributed by atoms with E-state index < -0.39 is 13.7 Å².